The van der Waals surface area contributed by atoms with Crippen LogP contribution < -0.4 is 10.1 Å². The summed E-state index contributed by atoms with van der Waals surface area (Å²) >= 11 is 1.60. The molecule has 1 fully saturated rings. The molecule has 0 bridgehead atoms. The molecule has 2 aromatic heterocycles. The monoisotopic (exact) mass is 347 g/mol. The molecular formula is C18H22FN3OS. The van der Waals surface area contributed by atoms with Gasteiger partial charge in [0.25, 0.3) is 5.88 Å². The van der Waals surface area contributed by atoms with Gasteiger partial charge in [-0.2, -0.15) is 0 Å². The topological polar surface area (TPSA) is 39.1 Å². The van der Waals surface area contributed by atoms with Crippen molar-refractivity contribution >= 4 is 27.1 Å². The molecule has 0 saturated carbocycles. The maximum atomic E-state index is 14.4. The first-order valence-corrected chi connectivity index (χ1v) is 9.39. The van der Waals surface area contributed by atoms with Gasteiger partial charge in [0.05, 0.1) is 5.52 Å². The molecule has 4 nitrogen and oxygen atoms in total. The maximum Gasteiger partial charge on any atom is 0.251 e. The second-order valence-corrected chi connectivity index (χ2v) is 7.52. The third kappa shape index (κ3) is 2.78. The molecule has 6 heteroatoms. The number of allylic oxidation sites excluding steroid dienone is 4. The highest BCUT2D eigenvalue weighted by molar-refractivity contribution is 7.17. The normalized spacial score (nSPS) is 19.9. The van der Waals surface area contributed by atoms with Gasteiger partial charge in [-0.15, -0.1) is 16.4 Å². The Morgan fingerprint density at radius 2 is 2.12 bits per heavy atom. The van der Waals surface area contributed by atoms with Gasteiger partial charge in [-0.25, -0.2) is 4.39 Å². The minimum absolute atomic E-state index is 0.111. The van der Waals surface area contributed by atoms with Crippen molar-refractivity contribution in [1.29, 1.82) is 0 Å². The fourth-order valence-electron chi connectivity index (χ4n) is 3.50. The first-order valence-electron chi connectivity index (χ1n) is 8.51. The smallest absolute Gasteiger partial charge is 0.251 e. The number of halogens is 1. The van der Waals surface area contributed by atoms with Crippen LogP contribution in [-0.2, 0) is 7.05 Å². The molecular weight excluding hydrogens is 325 g/mol. The number of thiophene rings is 1. The fourth-order valence-corrected chi connectivity index (χ4v) is 4.53. The van der Waals surface area contributed by atoms with Crippen LogP contribution in [-0.4, -0.2) is 29.0 Å². The molecule has 24 heavy (non-hydrogen) atoms. The Balaban J connectivity index is 1.71. The van der Waals surface area contributed by atoms with E-state index in [2.05, 4.69) is 10.4 Å². The molecule has 2 aliphatic rings. The summed E-state index contributed by atoms with van der Waals surface area (Å²) in [5, 5.41) is 9.95. The van der Waals surface area contributed by atoms with Gasteiger partial charge in [-0.05, 0) is 57.3 Å². The molecule has 1 aliphatic carbocycles. The van der Waals surface area contributed by atoms with Gasteiger partial charge in [0.1, 0.15) is 16.6 Å². The lowest BCUT2D eigenvalue weighted by molar-refractivity contribution is 0.157. The Kier molecular flexibility index (Phi) is 4.18. The Morgan fingerprint density at radius 1 is 1.33 bits per heavy atom. The number of aromatic nitrogens is 2. The highest BCUT2D eigenvalue weighted by atomic mass is 32.1. The zero-order valence-corrected chi connectivity index (χ0v) is 14.9. The Labute approximate surface area is 145 Å². The number of hydrogen-bond acceptors (Lipinski definition) is 4. The number of hydrogen-bond donors (Lipinski definition) is 1. The molecule has 3 heterocycles. The number of aryl methyl sites for hydroxylation is 1. The highest BCUT2D eigenvalue weighted by Gasteiger charge is 2.24. The number of nitrogens with one attached hydrogen (secondary N) is 1. The highest BCUT2D eigenvalue weighted by Crippen LogP contribution is 2.41. The summed E-state index contributed by atoms with van der Waals surface area (Å²) in [6.45, 7) is 3.95. The molecule has 128 valence electrons. The molecule has 0 amide bonds. The van der Waals surface area contributed by atoms with Gasteiger partial charge in [-0.1, -0.05) is 5.57 Å². The van der Waals surface area contributed by atoms with E-state index in [0.717, 1.165) is 65.7 Å². The van der Waals surface area contributed by atoms with Crippen LogP contribution in [0.1, 0.15) is 38.2 Å². The van der Waals surface area contributed by atoms with Crippen LogP contribution in [0, 0.1) is 0 Å². The molecule has 1 aliphatic heterocycles. The number of piperidine rings is 1. The van der Waals surface area contributed by atoms with Gasteiger partial charge in [0, 0.05) is 18.0 Å². The molecule has 1 saturated heterocycles. The summed E-state index contributed by atoms with van der Waals surface area (Å²) in [7, 11) is 1.91. The van der Waals surface area contributed by atoms with E-state index in [-0.39, 0.29) is 11.9 Å². The first-order chi connectivity index (χ1) is 11.6. The number of rotatable bonds is 3. The third-order valence-electron chi connectivity index (χ3n) is 4.84. The average Bonchev–Trinajstić information content (AvgIpc) is 3.11. The second-order valence-electron chi connectivity index (χ2n) is 6.64. The molecule has 0 atom stereocenters. The molecule has 4 rings (SSSR count). The number of fused-ring (bicyclic) bond motifs is 1. The maximum absolute atomic E-state index is 14.4. The van der Waals surface area contributed by atoms with Crippen LogP contribution in [0.4, 0.5) is 4.39 Å². The van der Waals surface area contributed by atoms with E-state index in [9.17, 15) is 4.39 Å². The van der Waals surface area contributed by atoms with Gasteiger partial charge >= 0.3 is 0 Å². The van der Waals surface area contributed by atoms with Gasteiger partial charge in [0.2, 0.25) is 0 Å². The van der Waals surface area contributed by atoms with Crippen molar-refractivity contribution in [3.8, 4) is 5.88 Å². The van der Waals surface area contributed by atoms with Crippen molar-refractivity contribution in [2.24, 2.45) is 7.05 Å². The van der Waals surface area contributed by atoms with Gasteiger partial charge < -0.3 is 10.1 Å². The minimum atomic E-state index is -0.111. The molecule has 0 radical (unpaired) electrons. The summed E-state index contributed by atoms with van der Waals surface area (Å²) in [4.78, 5) is 0. The Hall–Kier alpha value is -1.66. The first kappa shape index (κ1) is 15.8. The summed E-state index contributed by atoms with van der Waals surface area (Å²) in [6.07, 6.45) is 5.53. The van der Waals surface area contributed by atoms with E-state index in [4.69, 9.17) is 4.74 Å². The van der Waals surface area contributed by atoms with Crippen LogP contribution in [0.3, 0.4) is 0 Å². The van der Waals surface area contributed by atoms with Crippen molar-refractivity contribution in [1.82, 2.24) is 15.1 Å². The fraction of sp³-hybridized carbons (Fsp3) is 0.500. The summed E-state index contributed by atoms with van der Waals surface area (Å²) in [5.74, 6) is 0.583. The second kappa shape index (κ2) is 6.33. The zero-order valence-electron chi connectivity index (χ0n) is 14.1. The SMILES string of the molecule is CC1=CC(F)=C(c2csc3c(OC4CCNCC4)nn(C)c23)CC1. The van der Waals surface area contributed by atoms with Gasteiger partial charge in [0.15, 0.2) is 0 Å². The van der Waals surface area contributed by atoms with Gasteiger partial charge in [-0.3, -0.25) is 4.68 Å². The predicted octanol–water partition coefficient (Wildman–Crippen LogP) is 4.19. The Morgan fingerprint density at radius 3 is 2.88 bits per heavy atom. The van der Waals surface area contributed by atoms with Crippen molar-refractivity contribution in [3.05, 3.63) is 28.4 Å². The number of ether oxygens (including phenoxy) is 1. The van der Waals surface area contributed by atoms with E-state index < -0.39 is 0 Å². The molecule has 1 N–H and O–H groups in total. The van der Waals surface area contributed by atoms with E-state index in [1.54, 1.807) is 17.4 Å². The molecule has 0 aromatic carbocycles. The van der Waals surface area contributed by atoms with E-state index >= 15 is 0 Å². The lowest BCUT2D eigenvalue weighted by atomic mass is 9.94. The van der Waals surface area contributed by atoms with Crippen molar-refractivity contribution in [3.63, 3.8) is 0 Å². The van der Waals surface area contributed by atoms with Crippen LogP contribution in [0.25, 0.3) is 15.8 Å². The zero-order chi connectivity index (χ0) is 16.7. The van der Waals surface area contributed by atoms with Crippen LogP contribution in [0.2, 0.25) is 0 Å². The largest absolute Gasteiger partial charge is 0.472 e. The average molecular weight is 347 g/mol. The summed E-state index contributed by atoms with van der Waals surface area (Å²) < 4.78 is 23.5. The lowest BCUT2D eigenvalue weighted by Crippen LogP contribution is -2.34. The summed E-state index contributed by atoms with van der Waals surface area (Å²) in [6, 6.07) is 0. The van der Waals surface area contributed by atoms with E-state index in [0.29, 0.717) is 5.88 Å². The van der Waals surface area contributed by atoms with Crippen LogP contribution >= 0.6 is 11.3 Å². The van der Waals surface area contributed by atoms with Crippen molar-refractivity contribution < 1.29 is 9.13 Å². The lowest BCUT2D eigenvalue weighted by Gasteiger charge is -2.22. The number of nitrogens with zero attached hydrogens (tertiary/aromatic N) is 2. The predicted molar refractivity (Wildman–Crippen MR) is 96.1 cm³/mol. The van der Waals surface area contributed by atoms with E-state index in [1.807, 2.05) is 24.0 Å². The van der Waals surface area contributed by atoms with Crippen LogP contribution in [0.5, 0.6) is 5.88 Å². The van der Waals surface area contributed by atoms with Crippen molar-refractivity contribution in [2.45, 2.75) is 38.7 Å². The van der Waals surface area contributed by atoms with E-state index in [1.165, 1.54) is 0 Å². The quantitative estimate of drug-likeness (QED) is 0.905. The molecule has 0 spiro atoms. The Bertz CT molecular complexity index is 827. The summed E-state index contributed by atoms with van der Waals surface area (Å²) in [5.41, 5.74) is 3.85. The van der Waals surface area contributed by atoms with Crippen LogP contribution in [0.15, 0.2) is 22.9 Å². The van der Waals surface area contributed by atoms with Crippen molar-refractivity contribution in [2.75, 3.05) is 13.1 Å². The molecule has 2 aromatic rings. The minimum Gasteiger partial charge on any atom is -0.472 e. The molecule has 0 unspecified atom stereocenters. The standard InChI is InChI=1S/C18H22FN3OS/c1-11-3-4-13(15(19)9-11)14-10-24-17-16(14)22(2)21-18(17)23-12-5-7-20-8-6-12/h9-10,12,20H,3-8H2,1-2H3. The third-order valence-corrected chi connectivity index (χ3v) is 5.80.